The lowest BCUT2D eigenvalue weighted by atomic mass is 10.1. The van der Waals surface area contributed by atoms with E-state index in [0.717, 1.165) is 31.4 Å². The number of carbonyl (C=O) groups excluding carboxylic acids is 1. The standard InChI is InChI=1S/C15H21NO/c1-2-3-4-5-9-12-15(17)13-16-14-10-7-6-8-11-14/h2,6-8,10-11,16H,1,3-5,9,12-13H2. The first-order chi connectivity index (χ1) is 8.33. The summed E-state index contributed by atoms with van der Waals surface area (Å²) in [5.74, 6) is 0.285. The number of allylic oxidation sites excluding steroid dienone is 1. The number of ketones is 1. The number of hydrogen-bond acceptors (Lipinski definition) is 2. The van der Waals surface area contributed by atoms with Gasteiger partial charge in [-0.2, -0.15) is 0 Å². The van der Waals surface area contributed by atoms with Crippen molar-refractivity contribution < 1.29 is 4.79 Å². The third kappa shape index (κ3) is 6.56. The van der Waals surface area contributed by atoms with E-state index in [1.807, 2.05) is 36.4 Å². The highest BCUT2D eigenvalue weighted by atomic mass is 16.1. The van der Waals surface area contributed by atoms with Gasteiger partial charge in [-0.05, 0) is 31.4 Å². The molecule has 1 aromatic carbocycles. The van der Waals surface area contributed by atoms with E-state index in [-0.39, 0.29) is 5.78 Å². The zero-order valence-electron chi connectivity index (χ0n) is 10.3. The van der Waals surface area contributed by atoms with Crippen molar-refractivity contribution in [3.05, 3.63) is 43.0 Å². The highest BCUT2D eigenvalue weighted by Crippen LogP contribution is 2.06. The summed E-state index contributed by atoms with van der Waals surface area (Å²) in [6, 6.07) is 9.82. The molecule has 17 heavy (non-hydrogen) atoms. The molecular weight excluding hydrogens is 210 g/mol. The van der Waals surface area contributed by atoms with Crippen molar-refractivity contribution in [2.24, 2.45) is 0 Å². The maximum Gasteiger partial charge on any atom is 0.151 e. The van der Waals surface area contributed by atoms with Gasteiger partial charge in [0, 0.05) is 12.1 Å². The van der Waals surface area contributed by atoms with Gasteiger partial charge in [0.05, 0.1) is 6.54 Å². The SMILES string of the molecule is C=CCCCCCC(=O)CNc1ccccc1. The van der Waals surface area contributed by atoms with Gasteiger partial charge in [0.2, 0.25) is 0 Å². The van der Waals surface area contributed by atoms with Crippen LogP contribution in [-0.4, -0.2) is 12.3 Å². The van der Waals surface area contributed by atoms with Gasteiger partial charge in [0.1, 0.15) is 0 Å². The van der Waals surface area contributed by atoms with Crippen LogP contribution in [0.4, 0.5) is 5.69 Å². The van der Waals surface area contributed by atoms with Crippen LogP contribution >= 0.6 is 0 Å². The second kappa shape index (κ2) is 8.57. The minimum absolute atomic E-state index is 0.285. The summed E-state index contributed by atoms with van der Waals surface area (Å²) >= 11 is 0. The van der Waals surface area contributed by atoms with Crippen LogP contribution in [0, 0.1) is 0 Å². The Morgan fingerprint density at radius 1 is 1.18 bits per heavy atom. The summed E-state index contributed by atoms with van der Waals surface area (Å²) in [5.41, 5.74) is 1.01. The number of carbonyl (C=O) groups is 1. The van der Waals surface area contributed by atoms with Crippen LogP contribution < -0.4 is 5.32 Å². The van der Waals surface area contributed by atoms with Gasteiger partial charge >= 0.3 is 0 Å². The monoisotopic (exact) mass is 231 g/mol. The van der Waals surface area contributed by atoms with E-state index in [1.165, 1.54) is 0 Å². The van der Waals surface area contributed by atoms with E-state index in [4.69, 9.17) is 0 Å². The fraction of sp³-hybridized carbons (Fsp3) is 0.400. The number of rotatable bonds is 9. The molecule has 2 heteroatoms. The molecule has 0 aliphatic heterocycles. The van der Waals surface area contributed by atoms with Crippen molar-refractivity contribution in [3.8, 4) is 0 Å². The number of para-hydroxylation sites is 1. The van der Waals surface area contributed by atoms with Crippen molar-refractivity contribution in [2.75, 3.05) is 11.9 Å². The van der Waals surface area contributed by atoms with Crippen molar-refractivity contribution in [1.82, 2.24) is 0 Å². The summed E-state index contributed by atoms with van der Waals surface area (Å²) < 4.78 is 0. The van der Waals surface area contributed by atoms with Crippen LogP contribution in [0.1, 0.15) is 32.1 Å². The van der Waals surface area contributed by atoms with Gasteiger partial charge in [0.25, 0.3) is 0 Å². The molecule has 0 fully saturated rings. The lowest BCUT2D eigenvalue weighted by Crippen LogP contribution is -2.13. The molecule has 0 bridgehead atoms. The minimum Gasteiger partial charge on any atom is -0.378 e. The van der Waals surface area contributed by atoms with Crippen LogP contribution in [0.2, 0.25) is 0 Å². The second-order valence-corrected chi connectivity index (χ2v) is 4.15. The van der Waals surface area contributed by atoms with Crippen molar-refractivity contribution in [1.29, 1.82) is 0 Å². The van der Waals surface area contributed by atoms with Gasteiger partial charge in [-0.1, -0.05) is 30.7 Å². The predicted octanol–water partition coefficient (Wildman–Crippen LogP) is 3.80. The van der Waals surface area contributed by atoms with Gasteiger partial charge in [0.15, 0.2) is 5.78 Å². The summed E-state index contributed by atoms with van der Waals surface area (Å²) in [6.07, 6.45) is 6.90. The molecule has 92 valence electrons. The molecule has 1 N–H and O–H groups in total. The lowest BCUT2D eigenvalue weighted by molar-refractivity contribution is -0.117. The molecule has 0 aliphatic rings. The predicted molar refractivity (Wildman–Crippen MR) is 73.2 cm³/mol. The maximum absolute atomic E-state index is 11.6. The Hall–Kier alpha value is -1.57. The molecular formula is C15H21NO. The van der Waals surface area contributed by atoms with E-state index in [1.54, 1.807) is 0 Å². The van der Waals surface area contributed by atoms with Gasteiger partial charge in [-0.3, -0.25) is 4.79 Å². The van der Waals surface area contributed by atoms with E-state index < -0.39 is 0 Å². The largest absolute Gasteiger partial charge is 0.378 e. The maximum atomic E-state index is 11.6. The van der Waals surface area contributed by atoms with Gasteiger partial charge < -0.3 is 5.32 Å². The summed E-state index contributed by atoms with van der Waals surface area (Å²) in [4.78, 5) is 11.6. The van der Waals surface area contributed by atoms with Crippen LogP contribution in [0.3, 0.4) is 0 Å². The zero-order valence-corrected chi connectivity index (χ0v) is 10.3. The Bertz CT molecular complexity index is 332. The smallest absolute Gasteiger partial charge is 0.151 e. The topological polar surface area (TPSA) is 29.1 Å². The second-order valence-electron chi connectivity index (χ2n) is 4.15. The Labute approximate surface area is 104 Å². The van der Waals surface area contributed by atoms with Crippen LogP contribution in [0.5, 0.6) is 0 Å². The van der Waals surface area contributed by atoms with Crippen LogP contribution in [0.25, 0.3) is 0 Å². The first kappa shape index (κ1) is 13.5. The Kier molecular flexibility index (Phi) is 6.80. The zero-order chi connectivity index (χ0) is 12.3. The lowest BCUT2D eigenvalue weighted by Gasteiger charge is -2.05. The van der Waals surface area contributed by atoms with Crippen molar-refractivity contribution in [3.63, 3.8) is 0 Å². The molecule has 0 spiro atoms. The molecule has 1 aromatic rings. The summed E-state index contributed by atoms with van der Waals surface area (Å²) in [6.45, 7) is 4.12. The Balaban J connectivity index is 2.07. The first-order valence-corrected chi connectivity index (χ1v) is 6.24. The summed E-state index contributed by atoms with van der Waals surface area (Å²) in [7, 11) is 0. The van der Waals surface area contributed by atoms with Gasteiger partial charge in [-0.15, -0.1) is 6.58 Å². The van der Waals surface area contributed by atoms with E-state index in [9.17, 15) is 4.79 Å². The van der Waals surface area contributed by atoms with Crippen LogP contribution in [-0.2, 0) is 4.79 Å². The molecule has 0 atom stereocenters. The molecule has 0 aliphatic carbocycles. The van der Waals surface area contributed by atoms with Gasteiger partial charge in [-0.25, -0.2) is 0 Å². The highest BCUT2D eigenvalue weighted by Gasteiger charge is 2.01. The third-order valence-corrected chi connectivity index (χ3v) is 2.63. The molecule has 1 rings (SSSR count). The molecule has 0 saturated carbocycles. The molecule has 0 radical (unpaired) electrons. The highest BCUT2D eigenvalue weighted by molar-refractivity contribution is 5.82. The van der Waals surface area contributed by atoms with E-state index >= 15 is 0 Å². The third-order valence-electron chi connectivity index (χ3n) is 2.63. The van der Waals surface area contributed by atoms with E-state index in [0.29, 0.717) is 13.0 Å². The number of benzene rings is 1. The van der Waals surface area contributed by atoms with Crippen molar-refractivity contribution in [2.45, 2.75) is 32.1 Å². The normalized spacial score (nSPS) is 9.88. The summed E-state index contributed by atoms with van der Waals surface area (Å²) in [5, 5.41) is 3.13. The average molecular weight is 231 g/mol. The Morgan fingerprint density at radius 3 is 2.65 bits per heavy atom. The van der Waals surface area contributed by atoms with Crippen LogP contribution in [0.15, 0.2) is 43.0 Å². The fourth-order valence-electron chi connectivity index (χ4n) is 1.63. The number of unbranched alkanes of at least 4 members (excludes halogenated alkanes) is 3. The quantitative estimate of drug-likeness (QED) is 0.517. The number of hydrogen-bond donors (Lipinski definition) is 1. The molecule has 2 nitrogen and oxygen atoms in total. The van der Waals surface area contributed by atoms with E-state index in [2.05, 4.69) is 11.9 Å². The molecule has 0 heterocycles. The molecule has 0 amide bonds. The fourth-order valence-corrected chi connectivity index (χ4v) is 1.63. The van der Waals surface area contributed by atoms with Crippen molar-refractivity contribution >= 4 is 11.5 Å². The minimum atomic E-state index is 0.285. The average Bonchev–Trinajstić information content (AvgIpc) is 2.37. The number of Topliss-reactive ketones (excluding diaryl/α,β-unsaturated/α-hetero) is 1. The molecule has 0 aromatic heterocycles. The first-order valence-electron chi connectivity index (χ1n) is 6.24. The Morgan fingerprint density at radius 2 is 1.94 bits per heavy atom. The molecule has 0 unspecified atom stereocenters. The molecule has 0 saturated heterocycles. The number of anilines is 1. The number of nitrogens with one attached hydrogen (secondary N) is 1.